The Morgan fingerprint density at radius 1 is 0.963 bits per heavy atom. The lowest BCUT2D eigenvalue weighted by Crippen LogP contribution is -2.29. The molecule has 4 rings (SSSR count). The summed E-state index contributed by atoms with van der Waals surface area (Å²) < 4.78 is 22.0. The molecule has 7 heteroatoms. The highest BCUT2D eigenvalue weighted by molar-refractivity contribution is 5.92. The summed E-state index contributed by atoms with van der Waals surface area (Å²) in [6.07, 6.45) is 0.848. The maximum Gasteiger partial charge on any atom is 0.238 e. The lowest BCUT2D eigenvalue weighted by molar-refractivity contribution is -0.117. The van der Waals surface area contributed by atoms with Gasteiger partial charge in [0, 0.05) is 24.7 Å². The van der Waals surface area contributed by atoms with Gasteiger partial charge in [-0.3, -0.25) is 9.69 Å². The first-order valence-electron chi connectivity index (χ1n) is 8.94. The van der Waals surface area contributed by atoms with Crippen LogP contribution in [0.3, 0.4) is 0 Å². The molecule has 1 N–H and O–H groups in total. The normalized spacial score (nSPS) is 14.7. The second-order valence-electron chi connectivity index (χ2n) is 6.62. The number of amides is 1. The van der Waals surface area contributed by atoms with Crippen LogP contribution in [-0.2, 0) is 11.3 Å². The lowest BCUT2D eigenvalue weighted by Gasteiger charge is -2.17. The monoisotopic (exact) mass is 370 g/mol. The third-order valence-corrected chi connectivity index (χ3v) is 4.33. The predicted octanol–water partition coefficient (Wildman–Crippen LogP) is 2.65. The van der Waals surface area contributed by atoms with Crippen LogP contribution in [0.4, 0.5) is 5.69 Å². The zero-order chi connectivity index (χ0) is 18.6. The van der Waals surface area contributed by atoms with Gasteiger partial charge in [-0.1, -0.05) is 6.07 Å². The van der Waals surface area contributed by atoms with Gasteiger partial charge >= 0.3 is 0 Å². The number of ether oxygens (including phenoxy) is 4. The molecule has 0 atom stereocenters. The summed E-state index contributed by atoms with van der Waals surface area (Å²) in [4.78, 5) is 14.3. The van der Waals surface area contributed by atoms with Crippen molar-refractivity contribution in [3.05, 3.63) is 42.0 Å². The Kier molecular flexibility index (Phi) is 5.02. The molecule has 0 fully saturated rings. The van der Waals surface area contributed by atoms with Gasteiger partial charge in [-0.25, -0.2) is 0 Å². The molecule has 2 aromatic carbocycles. The highest BCUT2D eigenvalue weighted by Gasteiger charge is 2.15. The Morgan fingerprint density at radius 3 is 2.56 bits per heavy atom. The number of likely N-dealkylation sites (N-methyl/N-ethyl adjacent to an activating group) is 1. The van der Waals surface area contributed by atoms with Crippen molar-refractivity contribution in [3.63, 3.8) is 0 Å². The SMILES string of the molecule is CN(CC(=O)Nc1ccc2c(c1)OCCCO2)Cc1ccc2c(c1)OCO2. The molecule has 2 heterocycles. The van der Waals surface area contributed by atoms with Crippen molar-refractivity contribution >= 4 is 11.6 Å². The van der Waals surface area contributed by atoms with Crippen LogP contribution in [0.5, 0.6) is 23.0 Å². The van der Waals surface area contributed by atoms with Gasteiger partial charge in [-0.05, 0) is 36.9 Å². The third-order valence-electron chi connectivity index (χ3n) is 4.33. The summed E-state index contributed by atoms with van der Waals surface area (Å²) in [5.74, 6) is 2.79. The molecule has 2 aliphatic rings. The molecule has 0 radical (unpaired) electrons. The first kappa shape index (κ1) is 17.5. The van der Waals surface area contributed by atoms with E-state index in [0.717, 1.165) is 23.5 Å². The number of carbonyl (C=O) groups excluding carboxylic acids is 1. The van der Waals surface area contributed by atoms with Crippen molar-refractivity contribution in [2.75, 3.05) is 38.9 Å². The lowest BCUT2D eigenvalue weighted by atomic mass is 10.2. The van der Waals surface area contributed by atoms with E-state index in [9.17, 15) is 4.79 Å². The molecular weight excluding hydrogens is 348 g/mol. The van der Waals surface area contributed by atoms with Crippen LogP contribution in [0.1, 0.15) is 12.0 Å². The summed E-state index contributed by atoms with van der Waals surface area (Å²) >= 11 is 0. The number of fused-ring (bicyclic) bond motifs is 2. The molecule has 2 aliphatic heterocycles. The van der Waals surface area contributed by atoms with Crippen LogP contribution in [0, 0.1) is 0 Å². The fourth-order valence-corrected chi connectivity index (χ4v) is 3.09. The number of hydrogen-bond donors (Lipinski definition) is 1. The van der Waals surface area contributed by atoms with Crippen LogP contribution in [-0.4, -0.2) is 44.4 Å². The van der Waals surface area contributed by atoms with E-state index in [2.05, 4.69) is 5.32 Å². The molecular formula is C20H22N2O5. The average molecular weight is 370 g/mol. The van der Waals surface area contributed by atoms with Crippen molar-refractivity contribution in [2.45, 2.75) is 13.0 Å². The molecule has 1 amide bonds. The highest BCUT2D eigenvalue weighted by atomic mass is 16.7. The molecule has 0 unspecified atom stereocenters. The van der Waals surface area contributed by atoms with Gasteiger partial charge in [-0.2, -0.15) is 0 Å². The van der Waals surface area contributed by atoms with Crippen LogP contribution < -0.4 is 24.3 Å². The minimum absolute atomic E-state index is 0.0901. The van der Waals surface area contributed by atoms with Crippen molar-refractivity contribution in [3.8, 4) is 23.0 Å². The maximum absolute atomic E-state index is 12.4. The number of anilines is 1. The van der Waals surface area contributed by atoms with Crippen LogP contribution in [0.2, 0.25) is 0 Å². The third kappa shape index (κ3) is 4.25. The van der Waals surface area contributed by atoms with Gasteiger partial charge < -0.3 is 24.3 Å². The second-order valence-corrected chi connectivity index (χ2v) is 6.62. The van der Waals surface area contributed by atoms with E-state index in [1.807, 2.05) is 42.3 Å². The Balaban J connectivity index is 1.33. The van der Waals surface area contributed by atoms with E-state index >= 15 is 0 Å². The molecule has 7 nitrogen and oxygen atoms in total. The van der Waals surface area contributed by atoms with Gasteiger partial charge in [0.1, 0.15) is 0 Å². The van der Waals surface area contributed by atoms with E-state index in [-0.39, 0.29) is 19.2 Å². The molecule has 0 saturated heterocycles. The summed E-state index contributed by atoms with van der Waals surface area (Å²) in [7, 11) is 1.90. The maximum atomic E-state index is 12.4. The summed E-state index contributed by atoms with van der Waals surface area (Å²) in [6.45, 7) is 2.41. The van der Waals surface area contributed by atoms with Gasteiger partial charge in [0.2, 0.25) is 12.7 Å². The molecule has 142 valence electrons. The fraction of sp³-hybridized carbons (Fsp3) is 0.350. The average Bonchev–Trinajstić information content (AvgIpc) is 2.98. The number of hydrogen-bond acceptors (Lipinski definition) is 6. The zero-order valence-corrected chi connectivity index (χ0v) is 15.2. The van der Waals surface area contributed by atoms with Crippen molar-refractivity contribution in [1.82, 2.24) is 4.90 Å². The van der Waals surface area contributed by atoms with E-state index in [4.69, 9.17) is 18.9 Å². The number of nitrogens with zero attached hydrogens (tertiary/aromatic N) is 1. The van der Waals surface area contributed by atoms with Crippen LogP contribution >= 0.6 is 0 Å². The predicted molar refractivity (Wildman–Crippen MR) is 99.6 cm³/mol. The van der Waals surface area contributed by atoms with E-state index in [1.54, 1.807) is 6.07 Å². The fourth-order valence-electron chi connectivity index (χ4n) is 3.09. The highest BCUT2D eigenvalue weighted by Crippen LogP contribution is 2.33. The summed E-state index contributed by atoms with van der Waals surface area (Å²) in [5, 5.41) is 2.91. The van der Waals surface area contributed by atoms with Crippen molar-refractivity contribution in [1.29, 1.82) is 0 Å². The van der Waals surface area contributed by atoms with Crippen molar-refractivity contribution in [2.24, 2.45) is 0 Å². The number of rotatable bonds is 5. The van der Waals surface area contributed by atoms with E-state index in [0.29, 0.717) is 36.9 Å². The molecule has 0 spiro atoms. The largest absolute Gasteiger partial charge is 0.490 e. The van der Waals surface area contributed by atoms with Gasteiger partial charge in [0.05, 0.1) is 19.8 Å². The first-order chi connectivity index (χ1) is 13.2. The minimum Gasteiger partial charge on any atom is -0.490 e. The molecule has 0 aliphatic carbocycles. The van der Waals surface area contributed by atoms with Crippen LogP contribution in [0.25, 0.3) is 0 Å². The topological polar surface area (TPSA) is 69.3 Å². The molecule has 0 aromatic heterocycles. The Labute approximate surface area is 157 Å². The van der Waals surface area contributed by atoms with Gasteiger partial charge in [0.25, 0.3) is 0 Å². The van der Waals surface area contributed by atoms with Crippen molar-refractivity contribution < 1.29 is 23.7 Å². The smallest absolute Gasteiger partial charge is 0.238 e. The number of benzene rings is 2. The quantitative estimate of drug-likeness (QED) is 0.873. The standard InChI is InChI=1S/C20H22N2O5/c1-22(11-14-3-5-17-18(9-14)27-13-26-17)12-20(23)21-15-4-6-16-19(10-15)25-8-2-7-24-16/h3-6,9-10H,2,7-8,11-13H2,1H3,(H,21,23). The second kappa shape index (κ2) is 7.75. The molecule has 27 heavy (non-hydrogen) atoms. The molecule has 0 bridgehead atoms. The Bertz CT molecular complexity index is 839. The number of nitrogens with one attached hydrogen (secondary N) is 1. The van der Waals surface area contributed by atoms with E-state index < -0.39 is 0 Å². The summed E-state index contributed by atoms with van der Waals surface area (Å²) in [5.41, 5.74) is 1.76. The van der Waals surface area contributed by atoms with E-state index in [1.165, 1.54) is 0 Å². The van der Waals surface area contributed by atoms with Crippen LogP contribution in [0.15, 0.2) is 36.4 Å². The number of carbonyl (C=O) groups is 1. The zero-order valence-electron chi connectivity index (χ0n) is 15.2. The summed E-state index contributed by atoms with van der Waals surface area (Å²) in [6, 6.07) is 11.3. The first-order valence-corrected chi connectivity index (χ1v) is 8.94. The molecule has 2 aromatic rings. The Morgan fingerprint density at radius 2 is 1.67 bits per heavy atom. The molecule has 0 saturated carbocycles. The minimum atomic E-state index is -0.0901. The van der Waals surface area contributed by atoms with Gasteiger partial charge in [-0.15, -0.1) is 0 Å². The van der Waals surface area contributed by atoms with Gasteiger partial charge in [0.15, 0.2) is 23.0 Å². The Hall–Kier alpha value is -2.93.